The van der Waals surface area contributed by atoms with Gasteiger partial charge in [0.25, 0.3) is 0 Å². The van der Waals surface area contributed by atoms with E-state index in [2.05, 4.69) is 5.32 Å². The van der Waals surface area contributed by atoms with Gasteiger partial charge in [-0.1, -0.05) is 50.2 Å². The molecule has 0 aliphatic rings. The van der Waals surface area contributed by atoms with E-state index < -0.39 is 0 Å². The largest absolute Gasteiger partial charge is 0.493 e. The summed E-state index contributed by atoms with van der Waals surface area (Å²) in [4.78, 5) is 13.1. The van der Waals surface area contributed by atoms with Gasteiger partial charge in [-0.3, -0.25) is 4.79 Å². The Morgan fingerprint density at radius 3 is 2.34 bits per heavy atom. The third-order valence-corrected chi connectivity index (χ3v) is 5.47. The summed E-state index contributed by atoms with van der Waals surface area (Å²) in [6.07, 6.45) is 1.95. The smallest absolute Gasteiger partial charge is 0.224 e. The maximum Gasteiger partial charge on any atom is 0.224 e. The van der Waals surface area contributed by atoms with Gasteiger partial charge < -0.3 is 24.6 Å². The number of aliphatic hydroxyl groups is 1. The summed E-state index contributed by atoms with van der Waals surface area (Å²) in [5, 5.41) is 12.9. The number of methoxy groups -OCH3 is 2. The van der Waals surface area contributed by atoms with Crippen LogP contribution in [0.4, 0.5) is 0 Å². The van der Waals surface area contributed by atoms with Gasteiger partial charge in [0.2, 0.25) is 5.91 Å². The van der Waals surface area contributed by atoms with Gasteiger partial charge in [0.1, 0.15) is 0 Å². The zero-order valence-electron chi connectivity index (χ0n) is 19.7. The van der Waals surface area contributed by atoms with Crippen molar-refractivity contribution in [2.45, 2.75) is 39.2 Å². The van der Waals surface area contributed by atoms with Crippen molar-refractivity contribution in [2.24, 2.45) is 11.8 Å². The van der Waals surface area contributed by atoms with Crippen LogP contribution >= 0.6 is 0 Å². The van der Waals surface area contributed by atoms with Crippen LogP contribution in [0.1, 0.15) is 31.4 Å². The number of carbonyl (C=O) groups excluding carboxylic acids is 1. The monoisotopic (exact) mass is 443 g/mol. The Morgan fingerprint density at radius 1 is 0.969 bits per heavy atom. The highest BCUT2D eigenvalue weighted by atomic mass is 16.5. The molecule has 0 bridgehead atoms. The number of ether oxygens (including phenoxy) is 3. The molecule has 0 aromatic heterocycles. The fourth-order valence-corrected chi connectivity index (χ4v) is 3.60. The summed E-state index contributed by atoms with van der Waals surface area (Å²) in [5.74, 6) is 1.20. The maximum absolute atomic E-state index is 13.1. The molecule has 1 amide bonds. The second kappa shape index (κ2) is 13.8. The Hall–Kier alpha value is -2.57. The lowest BCUT2D eigenvalue weighted by molar-refractivity contribution is -0.127. The topological polar surface area (TPSA) is 77.0 Å². The van der Waals surface area contributed by atoms with E-state index in [4.69, 9.17) is 14.2 Å². The summed E-state index contributed by atoms with van der Waals surface area (Å²) < 4.78 is 16.4. The molecule has 6 heteroatoms. The lowest BCUT2D eigenvalue weighted by Crippen LogP contribution is -2.44. The molecular formula is C26H37NO5. The van der Waals surface area contributed by atoms with Gasteiger partial charge in [-0.15, -0.1) is 0 Å². The highest BCUT2D eigenvalue weighted by Gasteiger charge is 2.25. The van der Waals surface area contributed by atoms with Crippen LogP contribution in [0.3, 0.4) is 0 Å². The molecule has 32 heavy (non-hydrogen) atoms. The molecule has 0 spiro atoms. The van der Waals surface area contributed by atoms with E-state index in [-0.39, 0.29) is 30.4 Å². The number of nitrogens with one attached hydrogen (secondary N) is 1. The van der Waals surface area contributed by atoms with Crippen LogP contribution < -0.4 is 14.8 Å². The quantitative estimate of drug-likeness (QED) is 0.436. The third-order valence-electron chi connectivity index (χ3n) is 5.47. The van der Waals surface area contributed by atoms with E-state index in [1.54, 1.807) is 14.2 Å². The number of amides is 1. The summed E-state index contributed by atoms with van der Waals surface area (Å²) in [6, 6.07) is 15.3. The second-order valence-electron chi connectivity index (χ2n) is 8.31. The molecule has 0 fully saturated rings. The van der Waals surface area contributed by atoms with Crippen LogP contribution in [0.15, 0.2) is 48.5 Å². The molecule has 2 unspecified atom stereocenters. The molecule has 176 valence electrons. The van der Waals surface area contributed by atoms with Crippen molar-refractivity contribution in [3.05, 3.63) is 59.7 Å². The van der Waals surface area contributed by atoms with Crippen molar-refractivity contribution in [1.82, 2.24) is 5.32 Å². The fraction of sp³-hybridized carbons (Fsp3) is 0.500. The van der Waals surface area contributed by atoms with Crippen LogP contribution in [-0.4, -0.2) is 51.1 Å². The Morgan fingerprint density at radius 2 is 1.72 bits per heavy atom. The summed E-state index contributed by atoms with van der Waals surface area (Å²) in [7, 11) is 3.28. The minimum absolute atomic E-state index is 0.0478. The number of hydrogen-bond acceptors (Lipinski definition) is 5. The van der Waals surface area contributed by atoms with E-state index in [9.17, 15) is 9.90 Å². The van der Waals surface area contributed by atoms with E-state index in [0.717, 1.165) is 17.5 Å². The van der Waals surface area contributed by atoms with Crippen molar-refractivity contribution >= 4 is 5.91 Å². The van der Waals surface area contributed by atoms with E-state index in [1.165, 1.54) is 0 Å². The van der Waals surface area contributed by atoms with E-state index in [0.29, 0.717) is 37.6 Å². The molecule has 2 aromatic rings. The van der Waals surface area contributed by atoms with Crippen LogP contribution in [-0.2, 0) is 22.4 Å². The molecule has 0 saturated carbocycles. The van der Waals surface area contributed by atoms with Gasteiger partial charge in [0, 0.05) is 26.1 Å². The average molecular weight is 444 g/mol. The molecule has 2 atom stereocenters. The van der Waals surface area contributed by atoms with Gasteiger partial charge in [-0.2, -0.15) is 0 Å². The summed E-state index contributed by atoms with van der Waals surface area (Å²) in [5.41, 5.74) is 2.09. The lowest BCUT2D eigenvalue weighted by atomic mass is 9.88. The standard InChI is InChI=1S/C26H37NO5/c1-19(2)23(26(29)27-22(18-28)15-20-9-6-5-7-10-20)16-21-11-12-24(31-4)25(17-21)32-14-8-13-30-3/h5-7,9-12,17,19,22-23,28H,8,13-16,18H2,1-4H3,(H,27,29). The van der Waals surface area contributed by atoms with Gasteiger partial charge in [0.05, 0.1) is 26.4 Å². The minimum atomic E-state index is -0.318. The van der Waals surface area contributed by atoms with Crippen LogP contribution in [0.2, 0.25) is 0 Å². The van der Waals surface area contributed by atoms with Crippen molar-refractivity contribution < 1.29 is 24.1 Å². The molecule has 2 N–H and O–H groups in total. The molecule has 0 radical (unpaired) electrons. The normalized spacial score (nSPS) is 12.9. The molecule has 0 heterocycles. The molecular weight excluding hydrogens is 406 g/mol. The van der Waals surface area contributed by atoms with Gasteiger partial charge in [0.15, 0.2) is 11.5 Å². The highest BCUT2D eigenvalue weighted by molar-refractivity contribution is 5.79. The van der Waals surface area contributed by atoms with Crippen LogP contribution in [0, 0.1) is 11.8 Å². The number of carbonyl (C=O) groups is 1. The zero-order chi connectivity index (χ0) is 23.3. The van der Waals surface area contributed by atoms with Crippen molar-refractivity contribution in [1.29, 1.82) is 0 Å². The van der Waals surface area contributed by atoms with Crippen LogP contribution in [0.5, 0.6) is 11.5 Å². The minimum Gasteiger partial charge on any atom is -0.493 e. The van der Waals surface area contributed by atoms with Crippen molar-refractivity contribution in [3.8, 4) is 11.5 Å². The average Bonchev–Trinajstić information content (AvgIpc) is 2.80. The lowest BCUT2D eigenvalue weighted by Gasteiger charge is -2.24. The SMILES string of the molecule is COCCCOc1cc(CC(C(=O)NC(CO)Cc2ccccc2)C(C)C)ccc1OC. The molecule has 0 aliphatic carbocycles. The van der Waals surface area contributed by atoms with Gasteiger partial charge >= 0.3 is 0 Å². The van der Waals surface area contributed by atoms with Crippen molar-refractivity contribution in [2.75, 3.05) is 34.0 Å². The summed E-state index contributed by atoms with van der Waals surface area (Å²) in [6.45, 7) is 5.14. The van der Waals surface area contributed by atoms with Gasteiger partial charge in [-0.25, -0.2) is 0 Å². The zero-order valence-corrected chi connectivity index (χ0v) is 19.7. The van der Waals surface area contributed by atoms with Gasteiger partial charge in [-0.05, 0) is 42.0 Å². The first kappa shape index (κ1) is 25.7. The molecule has 6 nitrogen and oxygen atoms in total. The molecule has 0 aliphatic heterocycles. The Labute approximate surface area is 191 Å². The Kier molecular flexibility index (Phi) is 11.0. The second-order valence-corrected chi connectivity index (χ2v) is 8.31. The first-order valence-corrected chi connectivity index (χ1v) is 11.2. The number of rotatable bonds is 14. The number of aliphatic hydroxyl groups excluding tert-OH is 1. The van der Waals surface area contributed by atoms with Crippen molar-refractivity contribution in [3.63, 3.8) is 0 Å². The predicted molar refractivity (Wildman–Crippen MR) is 126 cm³/mol. The molecule has 0 saturated heterocycles. The Balaban J connectivity index is 2.07. The molecule has 2 aromatic carbocycles. The van der Waals surface area contributed by atoms with E-state index in [1.807, 2.05) is 62.4 Å². The molecule has 2 rings (SSSR count). The highest BCUT2D eigenvalue weighted by Crippen LogP contribution is 2.30. The number of benzene rings is 2. The predicted octanol–water partition coefficient (Wildman–Crippen LogP) is 3.65. The summed E-state index contributed by atoms with van der Waals surface area (Å²) >= 11 is 0. The maximum atomic E-state index is 13.1. The first-order valence-electron chi connectivity index (χ1n) is 11.2. The van der Waals surface area contributed by atoms with Crippen LogP contribution in [0.25, 0.3) is 0 Å². The third kappa shape index (κ3) is 8.17. The Bertz CT molecular complexity index is 809. The first-order chi connectivity index (χ1) is 15.5. The fourth-order valence-electron chi connectivity index (χ4n) is 3.60. The number of hydrogen-bond donors (Lipinski definition) is 2. The van der Waals surface area contributed by atoms with E-state index >= 15 is 0 Å².